The van der Waals surface area contributed by atoms with Gasteiger partial charge in [0.05, 0.1) is 6.20 Å². The first kappa shape index (κ1) is 5.10. The second kappa shape index (κ2) is 1.63. The van der Waals surface area contributed by atoms with Crippen molar-refractivity contribution < 1.29 is 5.11 Å². The first-order valence-corrected chi connectivity index (χ1v) is 2.57. The van der Waals surface area contributed by atoms with Gasteiger partial charge in [-0.25, -0.2) is 0 Å². The van der Waals surface area contributed by atoms with Gasteiger partial charge in [-0.05, 0) is 0 Å². The summed E-state index contributed by atoms with van der Waals surface area (Å²) < 4.78 is 0. The monoisotopic (exact) mass is 136 g/mol. The number of rotatable bonds is 0. The fourth-order valence-electron chi connectivity index (χ4n) is 0.670. The second-order valence-electron chi connectivity index (χ2n) is 1.71. The van der Waals surface area contributed by atoms with E-state index < -0.39 is 5.88 Å². The highest BCUT2D eigenvalue weighted by molar-refractivity contribution is 5.76. The molecule has 0 aliphatic carbocycles. The standard InChI is InChI=1S/C4H3N5O/c10-4-3-2(1-5-8-4)6-9-7-3/h1H,(H,8,10)(H,6,7,9)/p-1. The van der Waals surface area contributed by atoms with Crippen molar-refractivity contribution in [3.05, 3.63) is 6.20 Å². The lowest BCUT2D eigenvalue weighted by Crippen LogP contribution is -1.96. The minimum Gasteiger partial charge on any atom is -0.856 e. The highest BCUT2D eigenvalue weighted by Gasteiger charge is 1.96. The van der Waals surface area contributed by atoms with Gasteiger partial charge >= 0.3 is 0 Å². The first-order valence-electron chi connectivity index (χ1n) is 2.57. The molecule has 6 nitrogen and oxygen atoms in total. The molecule has 0 spiro atoms. The molecule has 50 valence electrons. The minimum absolute atomic E-state index is 0.231. The summed E-state index contributed by atoms with van der Waals surface area (Å²) in [6, 6.07) is 0. The average Bonchev–Trinajstić information content (AvgIpc) is 2.36. The van der Waals surface area contributed by atoms with Gasteiger partial charge in [-0.1, -0.05) is 0 Å². The van der Waals surface area contributed by atoms with Crippen molar-refractivity contribution in [1.82, 2.24) is 25.6 Å². The van der Waals surface area contributed by atoms with E-state index >= 15 is 0 Å². The van der Waals surface area contributed by atoms with Crippen molar-refractivity contribution in [3.63, 3.8) is 0 Å². The molecular formula is C4H2N5O-. The largest absolute Gasteiger partial charge is 0.856 e. The third-order valence-corrected chi connectivity index (χ3v) is 1.11. The summed E-state index contributed by atoms with van der Waals surface area (Å²) in [6.07, 6.45) is 1.38. The molecule has 10 heavy (non-hydrogen) atoms. The van der Waals surface area contributed by atoms with Gasteiger partial charge in [0.1, 0.15) is 11.0 Å². The van der Waals surface area contributed by atoms with Crippen LogP contribution in [-0.2, 0) is 0 Å². The molecule has 0 aromatic carbocycles. The predicted molar refractivity (Wildman–Crippen MR) is 28.9 cm³/mol. The molecule has 1 N–H and O–H groups in total. The van der Waals surface area contributed by atoms with Crippen molar-refractivity contribution in [2.75, 3.05) is 0 Å². The summed E-state index contributed by atoms with van der Waals surface area (Å²) >= 11 is 0. The number of hydrogen-bond acceptors (Lipinski definition) is 5. The van der Waals surface area contributed by atoms with E-state index in [0.717, 1.165) is 0 Å². The van der Waals surface area contributed by atoms with Crippen molar-refractivity contribution in [2.24, 2.45) is 0 Å². The van der Waals surface area contributed by atoms with Crippen LogP contribution in [0.3, 0.4) is 0 Å². The quantitative estimate of drug-likeness (QED) is 0.492. The van der Waals surface area contributed by atoms with Crippen LogP contribution in [0.1, 0.15) is 0 Å². The number of aromatic amines is 1. The summed E-state index contributed by atoms with van der Waals surface area (Å²) in [6.45, 7) is 0. The van der Waals surface area contributed by atoms with Gasteiger partial charge in [-0.2, -0.15) is 25.6 Å². The zero-order valence-electron chi connectivity index (χ0n) is 4.77. The molecule has 0 bridgehead atoms. The van der Waals surface area contributed by atoms with Crippen LogP contribution in [0, 0.1) is 0 Å². The van der Waals surface area contributed by atoms with Crippen molar-refractivity contribution in [2.45, 2.75) is 0 Å². The van der Waals surface area contributed by atoms with Gasteiger partial charge < -0.3 is 5.11 Å². The van der Waals surface area contributed by atoms with Crippen LogP contribution in [0.25, 0.3) is 11.0 Å². The third kappa shape index (κ3) is 0.524. The maximum absolute atomic E-state index is 10.7. The van der Waals surface area contributed by atoms with E-state index in [4.69, 9.17) is 0 Å². The molecule has 0 saturated carbocycles. The zero-order valence-corrected chi connectivity index (χ0v) is 4.77. The van der Waals surface area contributed by atoms with Gasteiger partial charge in [-0.3, -0.25) is 0 Å². The molecule has 0 aliphatic rings. The van der Waals surface area contributed by atoms with Crippen molar-refractivity contribution in [3.8, 4) is 5.88 Å². The number of nitrogens with zero attached hydrogens (tertiary/aromatic N) is 4. The Morgan fingerprint density at radius 3 is 3.10 bits per heavy atom. The summed E-state index contributed by atoms with van der Waals surface area (Å²) in [5.74, 6) is -0.453. The Morgan fingerprint density at radius 1 is 1.40 bits per heavy atom. The smallest absolute Gasteiger partial charge is 0.134 e. The lowest BCUT2D eigenvalue weighted by molar-refractivity contribution is -0.273. The van der Waals surface area contributed by atoms with Gasteiger partial charge in [-0.15, -0.1) is 0 Å². The Bertz CT molecular complexity index is 355. The lowest BCUT2D eigenvalue weighted by Gasteiger charge is -1.98. The maximum atomic E-state index is 10.7. The van der Waals surface area contributed by atoms with Crippen LogP contribution >= 0.6 is 0 Å². The van der Waals surface area contributed by atoms with Crippen LogP contribution in [0.4, 0.5) is 0 Å². The number of nitrogens with one attached hydrogen (secondary N) is 1. The molecule has 0 atom stereocenters. The molecule has 2 heterocycles. The van der Waals surface area contributed by atoms with Gasteiger partial charge in [0.15, 0.2) is 0 Å². The van der Waals surface area contributed by atoms with E-state index in [2.05, 4.69) is 25.6 Å². The summed E-state index contributed by atoms with van der Waals surface area (Å²) in [7, 11) is 0. The Hall–Kier alpha value is -1.72. The Morgan fingerprint density at radius 2 is 2.30 bits per heavy atom. The van der Waals surface area contributed by atoms with E-state index in [1.54, 1.807) is 0 Å². The molecule has 2 aromatic rings. The second-order valence-corrected chi connectivity index (χ2v) is 1.71. The van der Waals surface area contributed by atoms with Crippen molar-refractivity contribution in [1.29, 1.82) is 0 Å². The molecule has 6 heteroatoms. The topological polar surface area (TPSA) is 90.4 Å². The molecule has 2 rings (SSSR count). The fraction of sp³-hybridized carbons (Fsp3) is 0. The number of hydrogen-bond donors (Lipinski definition) is 1. The SMILES string of the molecule is [O-]c1nncc2n[nH]nc12. The summed E-state index contributed by atoms with van der Waals surface area (Å²) in [5.41, 5.74) is 0.676. The molecule has 0 aliphatic heterocycles. The number of H-pyrrole nitrogens is 1. The van der Waals surface area contributed by atoms with E-state index in [-0.39, 0.29) is 5.52 Å². The van der Waals surface area contributed by atoms with Gasteiger partial charge in [0.25, 0.3) is 0 Å². The summed E-state index contributed by atoms with van der Waals surface area (Å²) in [5, 5.41) is 26.9. The highest BCUT2D eigenvalue weighted by atomic mass is 16.3. The molecule has 0 amide bonds. The van der Waals surface area contributed by atoms with E-state index in [1.807, 2.05) is 0 Å². The lowest BCUT2D eigenvalue weighted by atomic mass is 10.5. The molecular weight excluding hydrogens is 134 g/mol. The predicted octanol–water partition coefficient (Wildman–Crippen LogP) is -1.18. The molecule has 0 radical (unpaired) electrons. The van der Waals surface area contributed by atoms with Gasteiger partial charge in [0.2, 0.25) is 0 Å². The minimum atomic E-state index is -0.453. The summed E-state index contributed by atoms with van der Waals surface area (Å²) in [4.78, 5) is 0. The highest BCUT2D eigenvalue weighted by Crippen LogP contribution is 2.10. The van der Waals surface area contributed by atoms with Crippen LogP contribution in [0.15, 0.2) is 6.20 Å². The number of fused-ring (bicyclic) bond motifs is 1. The first-order chi connectivity index (χ1) is 4.88. The van der Waals surface area contributed by atoms with E-state index in [9.17, 15) is 5.11 Å². The fourth-order valence-corrected chi connectivity index (χ4v) is 0.670. The third-order valence-electron chi connectivity index (χ3n) is 1.11. The van der Waals surface area contributed by atoms with Crippen LogP contribution < -0.4 is 5.11 Å². The molecule has 2 aromatic heterocycles. The Labute approximate surface area is 54.9 Å². The average molecular weight is 136 g/mol. The molecule has 0 saturated heterocycles. The Balaban J connectivity index is 2.95. The van der Waals surface area contributed by atoms with Crippen LogP contribution in [-0.4, -0.2) is 25.6 Å². The van der Waals surface area contributed by atoms with Crippen LogP contribution in [0.2, 0.25) is 0 Å². The maximum Gasteiger partial charge on any atom is 0.134 e. The molecule has 0 unspecified atom stereocenters. The molecule has 0 fully saturated rings. The van der Waals surface area contributed by atoms with Crippen molar-refractivity contribution >= 4 is 11.0 Å². The van der Waals surface area contributed by atoms with Gasteiger partial charge in [0, 0.05) is 5.88 Å². The van der Waals surface area contributed by atoms with E-state index in [1.165, 1.54) is 6.20 Å². The zero-order chi connectivity index (χ0) is 6.97. The van der Waals surface area contributed by atoms with E-state index in [0.29, 0.717) is 5.52 Å². The Kier molecular flexibility index (Phi) is 0.830. The number of aromatic nitrogens is 5. The normalized spacial score (nSPS) is 10.4. The van der Waals surface area contributed by atoms with Crippen LogP contribution in [0.5, 0.6) is 5.88 Å².